The molecule has 0 bridgehead atoms. The van der Waals surface area contributed by atoms with Crippen LogP contribution < -0.4 is 0 Å². The van der Waals surface area contributed by atoms with Crippen LogP contribution in [0.5, 0.6) is 0 Å². The van der Waals surface area contributed by atoms with Crippen molar-refractivity contribution in [2.24, 2.45) is 5.11 Å². The molecule has 1 aliphatic rings. The molecule has 0 aliphatic carbocycles. The molecule has 1 N–H and O–H groups in total. The van der Waals surface area contributed by atoms with Gasteiger partial charge in [0.1, 0.15) is 24.4 Å². The van der Waals surface area contributed by atoms with Crippen LogP contribution in [0.25, 0.3) is 10.4 Å². The molecule has 0 radical (unpaired) electrons. The van der Waals surface area contributed by atoms with Crippen LogP contribution in [0.2, 0.25) is 0 Å². The SMILES string of the molecule is C=CCO[C@H]1[C@H](OCc2ccccc2)[C@@H](N=[N+]=[N-])C(F)O[C@@H]1CO. The van der Waals surface area contributed by atoms with Gasteiger partial charge in [-0.05, 0) is 11.1 Å². The standard InChI is InChI=1S/C16H20FN3O4/c1-2-8-22-14-12(9-21)24-16(17)13(19-20-18)15(14)23-10-11-6-4-3-5-7-11/h2-7,12-16,21H,1,8-10H2/t12-,13-,14-,15-,16?/m1/s1. The van der Waals surface area contributed by atoms with Gasteiger partial charge >= 0.3 is 0 Å². The number of aliphatic hydroxyl groups is 1. The molecule has 1 fully saturated rings. The van der Waals surface area contributed by atoms with E-state index in [9.17, 15) is 9.50 Å². The highest BCUT2D eigenvalue weighted by molar-refractivity contribution is 5.13. The average molecular weight is 337 g/mol. The number of aliphatic hydroxyl groups excluding tert-OH is 1. The molecule has 0 saturated carbocycles. The van der Waals surface area contributed by atoms with E-state index in [1.54, 1.807) is 0 Å². The Labute approximate surface area is 139 Å². The van der Waals surface area contributed by atoms with Crippen molar-refractivity contribution in [3.63, 3.8) is 0 Å². The van der Waals surface area contributed by atoms with Gasteiger partial charge in [-0.1, -0.05) is 41.5 Å². The number of hydrogen-bond acceptors (Lipinski definition) is 5. The molecule has 24 heavy (non-hydrogen) atoms. The van der Waals surface area contributed by atoms with E-state index in [0.717, 1.165) is 5.56 Å². The Hall–Kier alpha value is -1.96. The molecule has 1 aromatic carbocycles. The molecule has 0 spiro atoms. The largest absolute Gasteiger partial charge is 0.394 e. The van der Waals surface area contributed by atoms with E-state index in [1.165, 1.54) is 6.08 Å². The van der Waals surface area contributed by atoms with Crippen molar-refractivity contribution < 1.29 is 23.7 Å². The number of ether oxygens (including phenoxy) is 3. The number of halogens is 1. The summed E-state index contributed by atoms with van der Waals surface area (Å²) in [5.74, 6) is 0. The van der Waals surface area contributed by atoms with Crippen LogP contribution in [0.4, 0.5) is 4.39 Å². The molecular weight excluding hydrogens is 317 g/mol. The zero-order valence-electron chi connectivity index (χ0n) is 13.1. The van der Waals surface area contributed by atoms with Gasteiger partial charge in [-0.15, -0.1) is 6.58 Å². The Morgan fingerprint density at radius 2 is 2.08 bits per heavy atom. The first-order valence-corrected chi connectivity index (χ1v) is 7.54. The summed E-state index contributed by atoms with van der Waals surface area (Å²) in [5, 5.41) is 12.9. The normalized spacial score (nSPS) is 29.7. The molecule has 1 saturated heterocycles. The molecular formula is C16H20FN3O4. The van der Waals surface area contributed by atoms with Gasteiger partial charge in [0.05, 0.1) is 19.8 Å². The number of hydrogen-bond donors (Lipinski definition) is 1. The first-order chi connectivity index (χ1) is 11.7. The summed E-state index contributed by atoms with van der Waals surface area (Å²) in [6, 6.07) is 8.09. The van der Waals surface area contributed by atoms with E-state index in [4.69, 9.17) is 19.7 Å². The Morgan fingerprint density at radius 3 is 2.71 bits per heavy atom. The smallest absolute Gasteiger partial charge is 0.210 e. The van der Waals surface area contributed by atoms with Crippen molar-refractivity contribution in [2.75, 3.05) is 13.2 Å². The fourth-order valence-corrected chi connectivity index (χ4v) is 2.55. The topological polar surface area (TPSA) is 96.7 Å². The van der Waals surface area contributed by atoms with Gasteiger partial charge < -0.3 is 19.3 Å². The van der Waals surface area contributed by atoms with Crippen molar-refractivity contribution in [2.45, 2.75) is 37.3 Å². The summed E-state index contributed by atoms with van der Waals surface area (Å²) >= 11 is 0. The quantitative estimate of drug-likeness (QED) is 0.341. The fraction of sp³-hybridized carbons (Fsp3) is 0.500. The number of azide groups is 1. The zero-order chi connectivity index (χ0) is 17.4. The van der Waals surface area contributed by atoms with E-state index in [2.05, 4.69) is 16.6 Å². The van der Waals surface area contributed by atoms with Gasteiger partial charge in [-0.2, -0.15) is 0 Å². The third-order valence-electron chi connectivity index (χ3n) is 3.66. The second-order valence-electron chi connectivity index (χ2n) is 5.25. The molecule has 1 aliphatic heterocycles. The maximum atomic E-state index is 14.2. The van der Waals surface area contributed by atoms with Crippen LogP contribution in [-0.2, 0) is 20.8 Å². The Bertz CT molecular complexity index is 568. The Morgan fingerprint density at radius 1 is 1.33 bits per heavy atom. The molecule has 0 amide bonds. The average Bonchev–Trinajstić information content (AvgIpc) is 2.61. The summed E-state index contributed by atoms with van der Waals surface area (Å²) in [4.78, 5) is 2.67. The minimum absolute atomic E-state index is 0.162. The molecule has 2 rings (SSSR count). The Balaban J connectivity index is 2.20. The maximum Gasteiger partial charge on any atom is 0.210 e. The Kier molecular flexibility index (Phi) is 7.17. The molecule has 8 heteroatoms. The summed E-state index contributed by atoms with van der Waals surface area (Å²) in [5.41, 5.74) is 9.58. The molecule has 130 valence electrons. The molecule has 1 aromatic rings. The highest BCUT2D eigenvalue weighted by Crippen LogP contribution is 2.29. The lowest BCUT2D eigenvalue weighted by Gasteiger charge is -2.41. The third kappa shape index (κ3) is 4.53. The zero-order valence-corrected chi connectivity index (χ0v) is 13.1. The number of nitrogens with zero attached hydrogens (tertiary/aromatic N) is 3. The first-order valence-electron chi connectivity index (χ1n) is 7.54. The van der Waals surface area contributed by atoms with Crippen molar-refractivity contribution in [1.82, 2.24) is 0 Å². The highest BCUT2D eigenvalue weighted by Gasteiger charge is 2.47. The van der Waals surface area contributed by atoms with Crippen molar-refractivity contribution in [3.8, 4) is 0 Å². The van der Waals surface area contributed by atoms with Gasteiger partial charge in [0.15, 0.2) is 0 Å². The summed E-state index contributed by atoms with van der Waals surface area (Å²) < 4.78 is 30.6. The number of rotatable bonds is 8. The van der Waals surface area contributed by atoms with E-state index in [1.807, 2.05) is 30.3 Å². The molecule has 7 nitrogen and oxygen atoms in total. The second-order valence-corrected chi connectivity index (χ2v) is 5.25. The molecule has 5 atom stereocenters. The third-order valence-corrected chi connectivity index (χ3v) is 3.66. The van der Waals surface area contributed by atoms with Crippen LogP contribution in [0, 0.1) is 0 Å². The second kappa shape index (κ2) is 9.36. The van der Waals surface area contributed by atoms with Crippen LogP contribution in [0.15, 0.2) is 48.1 Å². The van der Waals surface area contributed by atoms with Crippen molar-refractivity contribution in [1.29, 1.82) is 0 Å². The minimum atomic E-state index is -1.89. The number of alkyl halides is 1. The molecule has 1 heterocycles. The number of benzene rings is 1. The van der Waals surface area contributed by atoms with Crippen molar-refractivity contribution in [3.05, 3.63) is 59.0 Å². The molecule has 1 unspecified atom stereocenters. The maximum absolute atomic E-state index is 14.2. The van der Waals surface area contributed by atoms with Crippen LogP contribution in [0.3, 0.4) is 0 Å². The van der Waals surface area contributed by atoms with E-state index in [-0.39, 0.29) is 13.2 Å². The summed E-state index contributed by atoms with van der Waals surface area (Å²) in [6.07, 6.45) is -2.98. The fourth-order valence-electron chi connectivity index (χ4n) is 2.55. The van der Waals surface area contributed by atoms with Gasteiger partial charge in [0, 0.05) is 4.91 Å². The predicted molar refractivity (Wildman–Crippen MR) is 84.7 cm³/mol. The predicted octanol–water partition coefficient (Wildman–Crippen LogP) is 2.51. The highest BCUT2D eigenvalue weighted by atomic mass is 19.1. The van der Waals surface area contributed by atoms with E-state index in [0.29, 0.717) is 0 Å². The van der Waals surface area contributed by atoms with E-state index >= 15 is 0 Å². The summed E-state index contributed by atoms with van der Waals surface area (Å²) in [7, 11) is 0. The summed E-state index contributed by atoms with van der Waals surface area (Å²) in [6.45, 7) is 3.46. The molecule has 0 aromatic heterocycles. The van der Waals surface area contributed by atoms with Gasteiger partial charge in [0.2, 0.25) is 6.36 Å². The van der Waals surface area contributed by atoms with Crippen LogP contribution >= 0.6 is 0 Å². The van der Waals surface area contributed by atoms with Gasteiger partial charge in [-0.25, -0.2) is 4.39 Å². The van der Waals surface area contributed by atoms with Gasteiger partial charge in [0.25, 0.3) is 0 Å². The van der Waals surface area contributed by atoms with E-state index < -0.39 is 37.3 Å². The van der Waals surface area contributed by atoms with Crippen molar-refractivity contribution >= 4 is 0 Å². The monoisotopic (exact) mass is 337 g/mol. The lowest BCUT2D eigenvalue weighted by atomic mass is 9.97. The van der Waals surface area contributed by atoms with Crippen LogP contribution in [0.1, 0.15) is 5.56 Å². The minimum Gasteiger partial charge on any atom is -0.394 e. The lowest BCUT2D eigenvalue weighted by Crippen LogP contribution is -2.58. The van der Waals surface area contributed by atoms with Gasteiger partial charge in [-0.3, -0.25) is 0 Å². The first kappa shape index (κ1) is 18.4. The lowest BCUT2D eigenvalue weighted by molar-refractivity contribution is -0.245. The van der Waals surface area contributed by atoms with Crippen LogP contribution in [-0.4, -0.2) is 49.0 Å².